The zero-order valence-corrected chi connectivity index (χ0v) is 10.9. The summed E-state index contributed by atoms with van der Waals surface area (Å²) in [5, 5.41) is 19.4. The lowest BCUT2D eigenvalue weighted by Gasteiger charge is -2.20. The molecular weight excluding hydrogens is 261 g/mol. The lowest BCUT2D eigenvalue weighted by atomic mass is 10.2. The van der Waals surface area contributed by atoms with Crippen molar-refractivity contribution in [2.24, 2.45) is 10.9 Å². The van der Waals surface area contributed by atoms with Gasteiger partial charge in [-0.05, 0) is 12.1 Å². The van der Waals surface area contributed by atoms with E-state index in [0.717, 1.165) is 0 Å². The smallest absolute Gasteiger partial charge is 0.173 e. The summed E-state index contributed by atoms with van der Waals surface area (Å²) in [7, 11) is 1.73. The molecule has 0 aliphatic rings. The summed E-state index contributed by atoms with van der Waals surface area (Å²) in [6.45, 7) is 0.289. The van der Waals surface area contributed by atoms with Gasteiger partial charge >= 0.3 is 0 Å². The number of hydrogen-bond acceptors (Lipinski definition) is 5. The Morgan fingerprint density at radius 3 is 2.85 bits per heavy atom. The van der Waals surface area contributed by atoms with Crippen molar-refractivity contribution >= 4 is 11.7 Å². The molecule has 0 atom stereocenters. The molecule has 0 aliphatic heterocycles. The monoisotopic (exact) mass is 275 g/mol. The Hall–Kier alpha value is -2.70. The van der Waals surface area contributed by atoms with Crippen molar-refractivity contribution < 1.29 is 9.60 Å². The standard InChI is InChI=1S/C13H14FN5O/c1-19(8-9-4-2-3-5-11(9)14)13-10(12(15)18-20)6-7-16-17-13/h2-7,20H,8H2,1H3,(H2,15,18). The summed E-state index contributed by atoms with van der Waals surface area (Å²) in [5.41, 5.74) is 6.54. The van der Waals surface area contributed by atoms with E-state index in [0.29, 0.717) is 16.9 Å². The number of amidine groups is 1. The molecule has 20 heavy (non-hydrogen) atoms. The molecule has 1 heterocycles. The Kier molecular flexibility index (Phi) is 4.09. The molecule has 0 saturated carbocycles. The van der Waals surface area contributed by atoms with Crippen molar-refractivity contribution in [3.05, 3.63) is 53.5 Å². The van der Waals surface area contributed by atoms with Crippen LogP contribution in [0.2, 0.25) is 0 Å². The van der Waals surface area contributed by atoms with E-state index >= 15 is 0 Å². The molecule has 104 valence electrons. The van der Waals surface area contributed by atoms with Gasteiger partial charge in [-0.2, -0.15) is 5.10 Å². The molecule has 2 aromatic rings. The summed E-state index contributed by atoms with van der Waals surface area (Å²) >= 11 is 0. The maximum atomic E-state index is 13.6. The molecule has 7 heteroatoms. The number of nitrogens with zero attached hydrogens (tertiary/aromatic N) is 4. The first-order chi connectivity index (χ1) is 9.63. The minimum absolute atomic E-state index is 0.0738. The van der Waals surface area contributed by atoms with Crippen LogP contribution in [-0.2, 0) is 6.54 Å². The summed E-state index contributed by atoms with van der Waals surface area (Å²) < 4.78 is 13.6. The molecule has 6 nitrogen and oxygen atoms in total. The summed E-state index contributed by atoms with van der Waals surface area (Å²) in [6.07, 6.45) is 1.44. The summed E-state index contributed by atoms with van der Waals surface area (Å²) in [5.74, 6) is 0.0370. The first-order valence-electron chi connectivity index (χ1n) is 5.87. The van der Waals surface area contributed by atoms with Crippen molar-refractivity contribution in [1.82, 2.24) is 10.2 Å². The molecule has 0 bridgehead atoms. The average molecular weight is 275 g/mol. The molecule has 1 aromatic carbocycles. The molecule has 0 spiro atoms. The first kappa shape index (κ1) is 13.7. The third kappa shape index (κ3) is 2.82. The highest BCUT2D eigenvalue weighted by molar-refractivity contribution is 6.01. The number of aromatic nitrogens is 2. The number of hydrogen-bond donors (Lipinski definition) is 2. The van der Waals surface area contributed by atoms with Gasteiger partial charge in [0.1, 0.15) is 5.82 Å². The van der Waals surface area contributed by atoms with Gasteiger partial charge in [-0.15, -0.1) is 5.10 Å². The number of halogens is 1. The van der Waals surface area contributed by atoms with Crippen molar-refractivity contribution in [2.45, 2.75) is 6.54 Å². The highest BCUT2D eigenvalue weighted by Crippen LogP contribution is 2.18. The number of rotatable bonds is 4. The van der Waals surface area contributed by atoms with Gasteiger partial charge in [-0.3, -0.25) is 0 Å². The number of benzene rings is 1. The fraction of sp³-hybridized carbons (Fsp3) is 0.154. The Labute approximate surface area is 115 Å². The summed E-state index contributed by atoms with van der Waals surface area (Å²) in [6, 6.07) is 8.04. The Morgan fingerprint density at radius 2 is 2.15 bits per heavy atom. The first-order valence-corrected chi connectivity index (χ1v) is 5.87. The molecule has 0 fully saturated rings. The van der Waals surface area contributed by atoms with Gasteiger partial charge in [-0.1, -0.05) is 23.4 Å². The number of oxime groups is 1. The predicted molar refractivity (Wildman–Crippen MR) is 73.0 cm³/mol. The third-order valence-electron chi connectivity index (χ3n) is 2.81. The number of anilines is 1. The van der Waals surface area contributed by atoms with Gasteiger partial charge in [0, 0.05) is 19.2 Å². The van der Waals surface area contributed by atoms with Gasteiger partial charge in [0.25, 0.3) is 0 Å². The maximum absolute atomic E-state index is 13.6. The second kappa shape index (κ2) is 5.96. The van der Waals surface area contributed by atoms with Crippen molar-refractivity contribution in [1.29, 1.82) is 0 Å². The normalized spacial score (nSPS) is 11.4. The van der Waals surface area contributed by atoms with Gasteiger partial charge in [0.05, 0.1) is 11.8 Å². The van der Waals surface area contributed by atoms with Crippen molar-refractivity contribution in [3.8, 4) is 0 Å². The number of nitrogens with two attached hydrogens (primary N) is 1. The van der Waals surface area contributed by atoms with Crippen LogP contribution in [0.3, 0.4) is 0 Å². The Morgan fingerprint density at radius 1 is 1.40 bits per heavy atom. The quantitative estimate of drug-likeness (QED) is 0.380. The topological polar surface area (TPSA) is 87.6 Å². The van der Waals surface area contributed by atoms with E-state index in [-0.39, 0.29) is 18.2 Å². The highest BCUT2D eigenvalue weighted by Gasteiger charge is 2.14. The van der Waals surface area contributed by atoms with Crippen LogP contribution in [0.25, 0.3) is 0 Å². The molecule has 2 rings (SSSR count). The summed E-state index contributed by atoms with van der Waals surface area (Å²) in [4.78, 5) is 1.68. The van der Waals surface area contributed by atoms with Crippen molar-refractivity contribution in [2.75, 3.05) is 11.9 Å². The minimum Gasteiger partial charge on any atom is -0.409 e. The van der Waals surface area contributed by atoms with Crippen LogP contribution in [0.5, 0.6) is 0 Å². The second-order valence-corrected chi connectivity index (χ2v) is 4.20. The van der Waals surface area contributed by atoms with Crippen LogP contribution in [-0.4, -0.2) is 28.3 Å². The largest absolute Gasteiger partial charge is 0.409 e. The fourth-order valence-corrected chi connectivity index (χ4v) is 1.82. The SMILES string of the molecule is CN(Cc1ccccc1F)c1nnccc1/C(N)=N/O. The predicted octanol–water partition coefficient (Wildman–Crippen LogP) is 1.35. The highest BCUT2D eigenvalue weighted by atomic mass is 19.1. The van der Waals surface area contributed by atoms with Crippen LogP contribution in [0.1, 0.15) is 11.1 Å². The molecular formula is C13H14FN5O. The van der Waals surface area contributed by atoms with E-state index < -0.39 is 0 Å². The van der Waals surface area contributed by atoms with E-state index in [1.54, 1.807) is 36.2 Å². The van der Waals surface area contributed by atoms with E-state index in [1.165, 1.54) is 12.3 Å². The van der Waals surface area contributed by atoms with E-state index in [4.69, 9.17) is 10.9 Å². The third-order valence-corrected chi connectivity index (χ3v) is 2.81. The zero-order chi connectivity index (χ0) is 14.5. The molecule has 0 amide bonds. The molecule has 0 radical (unpaired) electrons. The Balaban J connectivity index is 2.30. The average Bonchev–Trinajstić information content (AvgIpc) is 2.48. The van der Waals surface area contributed by atoms with E-state index in [9.17, 15) is 4.39 Å². The van der Waals surface area contributed by atoms with Gasteiger partial charge in [0.2, 0.25) is 0 Å². The Bertz CT molecular complexity index is 632. The molecule has 3 N–H and O–H groups in total. The van der Waals surface area contributed by atoms with Crippen LogP contribution >= 0.6 is 0 Å². The molecule has 0 saturated heterocycles. The maximum Gasteiger partial charge on any atom is 0.173 e. The van der Waals surface area contributed by atoms with E-state index in [1.807, 2.05) is 0 Å². The van der Waals surface area contributed by atoms with Crippen molar-refractivity contribution in [3.63, 3.8) is 0 Å². The lowest BCUT2D eigenvalue weighted by molar-refractivity contribution is 0.318. The zero-order valence-electron chi connectivity index (χ0n) is 10.9. The lowest BCUT2D eigenvalue weighted by Crippen LogP contribution is -2.24. The molecule has 1 aromatic heterocycles. The van der Waals surface area contributed by atoms with Gasteiger partial charge in [-0.25, -0.2) is 4.39 Å². The van der Waals surface area contributed by atoms with E-state index in [2.05, 4.69) is 15.4 Å². The fourth-order valence-electron chi connectivity index (χ4n) is 1.82. The minimum atomic E-state index is -0.298. The van der Waals surface area contributed by atoms with Crippen LogP contribution in [0.15, 0.2) is 41.7 Å². The van der Waals surface area contributed by atoms with Crippen LogP contribution in [0.4, 0.5) is 10.2 Å². The van der Waals surface area contributed by atoms with Crippen LogP contribution < -0.4 is 10.6 Å². The molecule has 0 aliphatic carbocycles. The van der Waals surface area contributed by atoms with Crippen LogP contribution in [0, 0.1) is 5.82 Å². The molecule has 0 unspecified atom stereocenters. The van der Waals surface area contributed by atoms with Gasteiger partial charge in [0.15, 0.2) is 11.7 Å². The second-order valence-electron chi connectivity index (χ2n) is 4.20. The van der Waals surface area contributed by atoms with Gasteiger partial charge < -0.3 is 15.8 Å².